The van der Waals surface area contributed by atoms with E-state index in [-0.39, 0.29) is 17.9 Å². The Morgan fingerprint density at radius 2 is 1.95 bits per heavy atom. The van der Waals surface area contributed by atoms with Gasteiger partial charge in [0.15, 0.2) is 0 Å². The van der Waals surface area contributed by atoms with Gasteiger partial charge >= 0.3 is 0 Å². The van der Waals surface area contributed by atoms with Gasteiger partial charge in [0.2, 0.25) is 5.91 Å². The van der Waals surface area contributed by atoms with Crippen LogP contribution >= 0.6 is 11.6 Å². The molecule has 1 aromatic rings. The lowest BCUT2D eigenvalue weighted by Crippen LogP contribution is -2.49. The summed E-state index contributed by atoms with van der Waals surface area (Å²) in [6, 6.07) is 6.97. The molecule has 4 nitrogen and oxygen atoms in total. The summed E-state index contributed by atoms with van der Waals surface area (Å²) in [5.41, 5.74) is 0.192. The minimum Gasteiger partial charge on any atom is -0.391 e. The maximum atomic E-state index is 12.6. The maximum Gasteiger partial charge on any atom is 0.226 e. The van der Waals surface area contributed by atoms with Gasteiger partial charge in [0.25, 0.3) is 0 Å². The lowest BCUT2D eigenvalue weighted by molar-refractivity contribution is -0.151. The first kappa shape index (κ1) is 14.8. The number of benzene rings is 1. The number of hydrogen-bond donors (Lipinski definition) is 2. The molecule has 3 rings (SSSR count). The van der Waals surface area contributed by atoms with E-state index in [9.17, 15) is 15.0 Å². The van der Waals surface area contributed by atoms with Gasteiger partial charge in [-0.05, 0) is 43.9 Å². The van der Waals surface area contributed by atoms with Crippen molar-refractivity contribution >= 4 is 17.5 Å². The third kappa shape index (κ3) is 2.80. The zero-order chi connectivity index (χ0) is 15.2. The van der Waals surface area contributed by atoms with Gasteiger partial charge < -0.3 is 15.1 Å². The van der Waals surface area contributed by atoms with E-state index in [1.165, 1.54) is 0 Å². The molecule has 0 radical (unpaired) electrons. The predicted octanol–water partition coefficient (Wildman–Crippen LogP) is 2.14. The zero-order valence-electron chi connectivity index (χ0n) is 12.0. The Kier molecular flexibility index (Phi) is 3.72. The van der Waals surface area contributed by atoms with Gasteiger partial charge in [-0.2, -0.15) is 0 Å². The van der Waals surface area contributed by atoms with Gasteiger partial charge in [-0.15, -0.1) is 0 Å². The van der Waals surface area contributed by atoms with Crippen LogP contribution in [-0.2, 0) is 4.79 Å². The maximum absolute atomic E-state index is 12.6. The Hall–Kier alpha value is -1.10. The first-order valence-corrected chi connectivity index (χ1v) is 7.71. The van der Waals surface area contributed by atoms with Crippen LogP contribution in [0.2, 0.25) is 5.02 Å². The quantitative estimate of drug-likeness (QED) is 0.880. The number of halogens is 1. The van der Waals surface area contributed by atoms with E-state index in [0.29, 0.717) is 30.8 Å². The third-order valence-electron chi connectivity index (χ3n) is 4.58. The normalized spacial score (nSPS) is 35.6. The summed E-state index contributed by atoms with van der Waals surface area (Å²) in [6.45, 7) is 2.32. The molecular formula is C16H20ClNO3. The van der Waals surface area contributed by atoms with Crippen LogP contribution in [0.5, 0.6) is 0 Å². The molecule has 1 saturated carbocycles. The second-order valence-electron chi connectivity index (χ2n) is 6.49. The second kappa shape index (κ2) is 5.27. The van der Waals surface area contributed by atoms with E-state index in [1.54, 1.807) is 24.0 Å². The third-order valence-corrected chi connectivity index (χ3v) is 4.83. The Morgan fingerprint density at radius 3 is 2.52 bits per heavy atom. The number of carbonyl (C=O) groups excluding carboxylic acids is 1. The fraction of sp³-hybridized carbons (Fsp3) is 0.562. The first-order valence-electron chi connectivity index (χ1n) is 7.34. The van der Waals surface area contributed by atoms with Gasteiger partial charge in [0, 0.05) is 17.5 Å². The number of carbonyl (C=O) groups is 1. The van der Waals surface area contributed by atoms with Crippen molar-refractivity contribution in [2.45, 2.75) is 43.9 Å². The summed E-state index contributed by atoms with van der Waals surface area (Å²) in [6.07, 6.45) is 1.05. The van der Waals surface area contributed by atoms with Crippen molar-refractivity contribution in [2.24, 2.45) is 5.92 Å². The van der Waals surface area contributed by atoms with Crippen molar-refractivity contribution in [1.82, 2.24) is 4.90 Å². The monoisotopic (exact) mass is 309 g/mol. The molecule has 5 heteroatoms. The van der Waals surface area contributed by atoms with Gasteiger partial charge in [0.05, 0.1) is 17.7 Å². The molecule has 114 valence electrons. The van der Waals surface area contributed by atoms with Gasteiger partial charge in [-0.25, -0.2) is 0 Å². The number of likely N-dealkylation sites (tertiary alicyclic amines) is 1. The molecular weight excluding hydrogens is 290 g/mol. The Labute approximate surface area is 129 Å². The molecule has 21 heavy (non-hydrogen) atoms. The second-order valence-corrected chi connectivity index (χ2v) is 6.92. The van der Waals surface area contributed by atoms with Crippen molar-refractivity contribution in [3.05, 3.63) is 34.9 Å². The predicted molar refractivity (Wildman–Crippen MR) is 79.9 cm³/mol. The lowest BCUT2D eigenvalue weighted by Gasteiger charge is -2.42. The molecule has 0 spiro atoms. The lowest BCUT2D eigenvalue weighted by atomic mass is 9.71. The number of amides is 1. The van der Waals surface area contributed by atoms with Crippen LogP contribution in [-0.4, -0.2) is 39.3 Å². The Bertz CT molecular complexity index is 535. The average molecular weight is 310 g/mol. The summed E-state index contributed by atoms with van der Waals surface area (Å²) in [7, 11) is 0. The molecule has 0 aromatic heterocycles. The van der Waals surface area contributed by atoms with E-state index < -0.39 is 11.7 Å². The van der Waals surface area contributed by atoms with Gasteiger partial charge in [-0.3, -0.25) is 4.79 Å². The van der Waals surface area contributed by atoms with E-state index in [4.69, 9.17) is 11.6 Å². The van der Waals surface area contributed by atoms with Crippen LogP contribution in [0, 0.1) is 5.92 Å². The van der Waals surface area contributed by atoms with E-state index >= 15 is 0 Å². The molecule has 1 aliphatic heterocycles. The highest BCUT2D eigenvalue weighted by atomic mass is 35.5. The summed E-state index contributed by atoms with van der Waals surface area (Å²) in [5.74, 6) is -0.0851. The summed E-state index contributed by atoms with van der Waals surface area (Å²) < 4.78 is 0. The molecule has 2 atom stereocenters. The highest BCUT2D eigenvalue weighted by Crippen LogP contribution is 2.42. The molecule has 1 aromatic carbocycles. The van der Waals surface area contributed by atoms with Crippen LogP contribution in [0.25, 0.3) is 0 Å². The minimum absolute atomic E-state index is 0.0398. The highest BCUT2D eigenvalue weighted by Gasteiger charge is 2.47. The minimum atomic E-state index is -0.714. The molecule has 2 N–H and O–H groups in total. The van der Waals surface area contributed by atoms with E-state index in [1.807, 2.05) is 12.1 Å². The number of nitrogens with zero attached hydrogens (tertiary/aromatic N) is 1. The van der Waals surface area contributed by atoms with E-state index in [0.717, 1.165) is 5.56 Å². The van der Waals surface area contributed by atoms with Crippen molar-refractivity contribution in [2.75, 3.05) is 6.54 Å². The first-order chi connectivity index (χ1) is 9.87. The largest absolute Gasteiger partial charge is 0.391 e. The molecule has 1 amide bonds. The van der Waals surface area contributed by atoms with Crippen molar-refractivity contribution < 1.29 is 15.0 Å². The van der Waals surface area contributed by atoms with Gasteiger partial charge in [0.1, 0.15) is 0 Å². The fourth-order valence-corrected chi connectivity index (χ4v) is 3.62. The SMILES string of the molecule is CC1(O)CC(C(=O)N2CC[C@@H](O)[C@H]2c2ccc(Cl)cc2)C1. The summed E-state index contributed by atoms with van der Waals surface area (Å²) in [5, 5.41) is 20.7. The number of aliphatic hydroxyl groups excluding tert-OH is 1. The van der Waals surface area contributed by atoms with Crippen LogP contribution in [0.1, 0.15) is 37.8 Å². The van der Waals surface area contributed by atoms with E-state index in [2.05, 4.69) is 0 Å². The van der Waals surface area contributed by atoms with Crippen LogP contribution < -0.4 is 0 Å². The highest BCUT2D eigenvalue weighted by molar-refractivity contribution is 6.30. The van der Waals surface area contributed by atoms with Crippen LogP contribution in [0.3, 0.4) is 0 Å². The standard InChI is InChI=1S/C16H20ClNO3/c1-16(21)8-11(9-16)15(20)18-7-6-13(19)14(18)10-2-4-12(17)5-3-10/h2-5,11,13-14,19,21H,6-9H2,1H3/t11?,13-,14-,16?/m1/s1. The van der Waals surface area contributed by atoms with Crippen molar-refractivity contribution in [3.8, 4) is 0 Å². The zero-order valence-corrected chi connectivity index (χ0v) is 12.8. The molecule has 0 bridgehead atoms. The Morgan fingerprint density at radius 1 is 1.33 bits per heavy atom. The summed E-state index contributed by atoms with van der Waals surface area (Å²) in [4.78, 5) is 14.3. The van der Waals surface area contributed by atoms with Crippen molar-refractivity contribution in [1.29, 1.82) is 0 Å². The van der Waals surface area contributed by atoms with Gasteiger partial charge in [-0.1, -0.05) is 23.7 Å². The fourth-order valence-electron chi connectivity index (χ4n) is 3.50. The van der Waals surface area contributed by atoms with Crippen molar-refractivity contribution in [3.63, 3.8) is 0 Å². The molecule has 1 aliphatic carbocycles. The molecule has 0 unspecified atom stereocenters. The summed E-state index contributed by atoms with van der Waals surface area (Å²) >= 11 is 5.90. The number of hydrogen-bond acceptors (Lipinski definition) is 3. The Balaban J connectivity index is 1.78. The van der Waals surface area contributed by atoms with Crippen LogP contribution in [0.4, 0.5) is 0 Å². The molecule has 2 fully saturated rings. The molecule has 2 aliphatic rings. The topological polar surface area (TPSA) is 60.8 Å². The number of aliphatic hydroxyl groups is 2. The average Bonchev–Trinajstić information content (AvgIpc) is 2.78. The molecule has 1 saturated heterocycles. The molecule has 1 heterocycles. The van der Waals surface area contributed by atoms with Crippen LogP contribution in [0.15, 0.2) is 24.3 Å². The smallest absolute Gasteiger partial charge is 0.226 e. The number of rotatable bonds is 2.